The third-order valence-electron chi connectivity index (χ3n) is 2.98. The van der Waals surface area contributed by atoms with Gasteiger partial charge in [0.25, 0.3) is 0 Å². The molecule has 0 spiro atoms. The predicted octanol–water partition coefficient (Wildman–Crippen LogP) is 0.940. The van der Waals surface area contributed by atoms with Crippen LogP contribution in [-0.2, 0) is 4.74 Å². The van der Waals surface area contributed by atoms with Crippen molar-refractivity contribution in [1.82, 2.24) is 4.90 Å². The molecule has 0 aromatic carbocycles. The number of likely N-dealkylation sites (tertiary alicyclic amines) is 1. The molecule has 1 unspecified atom stereocenters. The Morgan fingerprint density at radius 2 is 2.21 bits per heavy atom. The second-order valence-corrected chi connectivity index (χ2v) is 5.21. The van der Waals surface area contributed by atoms with Crippen molar-refractivity contribution < 1.29 is 4.74 Å². The van der Waals surface area contributed by atoms with Gasteiger partial charge in [0.15, 0.2) is 0 Å². The van der Waals surface area contributed by atoms with Crippen molar-refractivity contribution in [1.29, 1.82) is 0 Å². The van der Waals surface area contributed by atoms with Crippen LogP contribution >= 0.6 is 0 Å². The lowest BCUT2D eigenvalue weighted by Crippen LogP contribution is -2.37. The maximum atomic E-state index is 5.73. The number of hydrogen-bond donors (Lipinski definition) is 1. The highest BCUT2D eigenvalue weighted by Gasteiger charge is 2.27. The first-order chi connectivity index (χ1) is 6.57. The molecule has 0 radical (unpaired) electrons. The van der Waals surface area contributed by atoms with Crippen molar-refractivity contribution in [2.75, 3.05) is 39.9 Å². The molecule has 1 saturated heterocycles. The van der Waals surface area contributed by atoms with Crippen LogP contribution in [0.5, 0.6) is 0 Å². The van der Waals surface area contributed by atoms with Gasteiger partial charge in [0.05, 0.1) is 6.61 Å². The van der Waals surface area contributed by atoms with E-state index in [0.717, 1.165) is 25.6 Å². The third kappa shape index (κ3) is 3.56. The van der Waals surface area contributed by atoms with Crippen molar-refractivity contribution in [2.45, 2.75) is 20.3 Å². The van der Waals surface area contributed by atoms with Crippen molar-refractivity contribution in [2.24, 2.45) is 17.1 Å². The minimum absolute atomic E-state index is 0.252. The van der Waals surface area contributed by atoms with E-state index in [4.69, 9.17) is 10.5 Å². The molecule has 1 aliphatic rings. The fraction of sp³-hybridized carbons (Fsp3) is 1.00. The van der Waals surface area contributed by atoms with Crippen molar-refractivity contribution in [3.8, 4) is 0 Å². The first kappa shape index (κ1) is 12.0. The van der Waals surface area contributed by atoms with Crippen molar-refractivity contribution >= 4 is 0 Å². The molecule has 0 aliphatic carbocycles. The van der Waals surface area contributed by atoms with Gasteiger partial charge in [0, 0.05) is 20.2 Å². The molecule has 0 saturated carbocycles. The van der Waals surface area contributed by atoms with Gasteiger partial charge in [-0.3, -0.25) is 0 Å². The summed E-state index contributed by atoms with van der Waals surface area (Å²) in [6, 6.07) is 0. The number of methoxy groups -OCH3 is 1. The molecule has 0 amide bonds. The van der Waals surface area contributed by atoms with Gasteiger partial charge >= 0.3 is 0 Å². The van der Waals surface area contributed by atoms with Crippen LogP contribution in [0.1, 0.15) is 20.3 Å². The Bertz CT molecular complexity index is 171. The molecule has 1 fully saturated rings. The number of nitrogens with two attached hydrogens (primary N) is 1. The fourth-order valence-electron chi connectivity index (χ4n) is 2.10. The van der Waals surface area contributed by atoms with E-state index in [2.05, 4.69) is 18.7 Å². The van der Waals surface area contributed by atoms with Gasteiger partial charge in [0.1, 0.15) is 0 Å². The highest BCUT2D eigenvalue weighted by molar-refractivity contribution is 4.81. The summed E-state index contributed by atoms with van der Waals surface area (Å²) in [5.74, 6) is 0.730. The van der Waals surface area contributed by atoms with E-state index < -0.39 is 0 Å². The molecule has 1 heterocycles. The van der Waals surface area contributed by atoms with Crippen molar-refractivity contribution in [3.05, 3.63) is 0 Å². The summed E-state index contributed by atoms with van der Waals surface area (Å²) >= 11 is 0. The minimum Gasteiger partial charge on any atom is -0.384 e. The van der Waals surface area contributed by atoms with Gasteiger partial charge < -0.3 is 15.4 Å². The second-order valence-electron chi connectivity index (χ2n) is 5.21. The summed E-state index contributed by atoms with van der Waals surface area (Å²) in [5.41, 5.74) is 5.98. The number of rotatable bonds is 5. The van der Waals surface area contributed by atoms with Gasteiger partial charge in [-0.1, -0.05) is 13.8 Å². The molecule has 3 heteroatoms. The fourth-order valence-corrected chi connectivity index (χ4v) is 2.10. The standard InChI is InChI=1S/C11H24N2O/c1-11(2,8-12)9-13-5-4-10(6-13)7-14-3/h10H,4-9,12H2,1-3H3. The summed E-state index contributed by atoms with van der Waals surface area (Å²) in [5, 5.41) is 0. The smallest absolute Gasteiger partial charge is 0.0503 e. The Hall–Kier alpha value is -0.120. The van der Waals surface area contributed by atoms with Crippen LogP contribution in [0, 0.1) is 11.3 Å². The Morgan fingerprint density at radius 1 is 1.50 bits per heavy atom. The maximum Gasteiger partial charge on any atom is 0.0503 e. The molecular formula is C11H24N2O. The first-order valence-corrected chi connectivity index (χ1v) is 5.49. The topological polar surface area (TPSA) is 38.5 Å². The molecule has 1 atom stereocenters. The maximum absolute atomic E-state index is 5.73. The van der Waals surface area contributed by atoms with E-state index in [1.807, 2.05) is 0 Å². The van der Waals surface area contributed by atoms with E-state index in [-0.39, 0.29) is 5.41 Å². The first-order valence-electron chi connectivity index (χ1n) is 5.49. The Kier molecular flexibility index (Phi) is 4.35. The number of nitrogens with zero attached hydrogens (tertiary/aromatic N) is 1. The SMILES string of the molecule is COCC1CCN(CC(C)(C)CN)C1. The lowest BCUT2D eigenvalue weighted by Gasteiger charge is -2.28. The van der Waals surface area contributed by atoms with Crippen LogP contribution in [0.4, 0.5) is 0 Å². The average Bonchev–Trinajstić information content (AvgIpc) is 2.53. The minimum atomic E-state index is 0.252. The zero-order valence-corrected chi connectivity index (χ0v) is 9.75. The molecule has 2 N–H and O–H groups in total. The van der Waals surface area contributed by atoms with E-state index in [1.165, 1.54) is 19.5 Å². The zero-order chi connectivity index (χ0) is 10.6. The molecule has 1 rings (SSSR count). The largest absolute Gasteiger partial charge is 0.384 e. The molecule has 1 aliphatic heterocycles. The van der Waals surface area contributed by atoms with E-state index in [9.17, 15) is 0 Å². The number of hydrogen-bond acceptors (Lipinski definition) is 3. The summed E-state index contributed by atoms with van der Waals surface area (Å²) in [4.78, 5) is 2.51. The van der Waals surface area contributed by atoms with Gasteiger partial charge in [0.2, 0.25) is 0 Å². The zero-order valence-electron chi connectivity index (χ0n) is 9.75. The van der Waals surface area contributed by atoms with Crippen LogP contribution < -0.4 is 5.73 Å². The molecule has 0 aromatic rings. The Labute approximate surface area is 87.6 Å². The van der Waals surface area contributed by atoms with E-state index in [1.54, 1.807) is 7.11 Å². The van der Waals surface area contributed by atoms with Crippen LogP contribution in [0.25, 0.3) is 0 Å². The van der Waals surface area contributed by atoms with Crippen molar-refractivity contribution in [3.63, 3.8) is 0 Å². The third-order valence-corrected chi connectivity index (χ3v) is 2.98. The normalized spacial score (nSPS) is 24.4. The number of ether oxygens (including phenoxy) is 1. The van der Waals surface area contributed by atoms with Crippen LogP contribution in [-0.4, -0.2) is 44.8 Å². The second kappa shape index (κ2) is 5.10. The lowest BCUT2D eigenvalue weighted by atomic mass is 9.93. The van der Waals surface area contributed by atoms with Crippen LogP contribution in [0.15, 0.2) is 0 Å². The van der Waals surface area contributed by atoms with Gasteiger partial charge in [-0.25, -0.2) is 0 Å². The Morgan fingerprint density at radius 3 is 2.79 bits per heavy atom. The highest BCUT2D eigenvalue weighted by Crippen LogP contribution is 2.22. The molecular weight excluding hydrogens is 176 g/mol. The molecule has 0 bridgehead atoms. The van der Waals surface area contributed by atoms with Gasteiger partial charge in [-0.15, -0.1) is 0 Å². The van der Waals surface area contributed by atoms with Gasteiger partial charge in [-0.05, 0) is 30.8 Å². The van der Waals surface area contributed by atoms with E-state index >= 15 is 0 Å². The van der Waals surface area contributed by atoms with Crippen LogP contribution in [0.3, 0.4) is 0 Å². The predicted molar refractivity (Wildman–Crippen MR) is 59.3 cm³/mol. The molecule has 0 aromatic heterocycles. The van der Waals surface area contributed by atoms with Crippen LogP contribution in [0.2, 0.25) is 0 Å². The summed E-state index contributed by atoms with van der Waals surface area (Å²) < 4.78 is 5.18. The average molecular weight is 200 g/mol. The van der Waals surface area contributed by atoms with E-state index in [0.29, 0.717) is 0 Å². The molecule has 14 heavy (non-hydrogen) atoms. The molecule has 84 valence electrons. The Balaban J connectivity index is 2.28. The molecule has 3 nitrogen and oxygen atoms in total. The highest BCUT2D eigenvalue weighted by atomic mass is 16.5. The summed E-state index contributed by atoms with van der Waals surface area (Å²) in [6.07, 6.45) is 1.27. The summed E-state index contributed by atoms with van der Waals surface area (Å²) in [6.45, 7) is 9.63. The monoisotopic (exact) mass is 200 g/mol. The lowest BCUT2D eigenvalue weighted by molar-refractivity contribution is 0.146. The summed E-state index contributed by atoms with van der Waals surface area (Å²) in [7, 11) is 1.78. The quantitative estimate of drug-likeness (QED) is 0.718. The van der Waals surface area contributed by atoms with Gasteiger partial charge in [-0.2, -0.15) is 0 Å².